The Balaban J connectivity index is 1.57. The van der Waals surface area contributed by atoms with Crippen LogP contribution in [0.15, 0.2) is 36.4 Å². The largest absolute Gasteiger partial charge is 0.347 e. The number of likely N-dealkylation sites (tertiary alicyclic amines) is 1. The number of hydrogen-bond donors (Lipinski definition) is 2. The van der Waals surface area contributed by atoms with E-state index in [2.05, 4.69) is 25.6 Å². The van der Waals surface area contributed by atoms with Crippen LogP contribution in [0.4, 0.5) is 0 Å². The van der Waals surface area contributed by atoms with Crippen LogP contribution >= 0.6 is 0 Å². The molecule has 1 aromatic carbocycles. The minimum absolute atomic E-state index is 0.164. The molecule has 150 valence electrons. The molecule has 0 saturated carbocycles. The first-order valence-corrected chi connectivity index (χ1v) is 9.47. The number of carbonyl (C=O) groups excluding carboxylic acids is 2. The molecule has 0 bridgehead atoms. The van der Waals surface area contributed by atoms with Crippen molar-refractivity contribution < 1.29 is 9.59 Å². The van der Waals surface area contributed by atoms with E-state index in [-0.39, 0.29) is 23.8 Å². The molecule has 1 fully saturated rings. The van der Waals surface area contributed by atoms with Crippen LogP contribution in [0, 0.1) is 13.8 Å². The van der Waals surface area contributed by atoms with Crippen molar-refractivity contribution >= 4 is 11.8 Å². The molecular formula is C20H23N7O2. The van der Waals surface area contributed by atoms with E-state index in [1.165, 1.54) is 0 Å². The number of nitrogens with one attached hydrogen (secondary N) is 2. The smallest absolute Gasteiger partial charge is 0.274 e. The fraction of sp³-hybridized carbons (Fsp3) is 0.350. The van der Waals surface area contributed by atoms with Gasteiger partial charge in [0.2, 0.25) is 0 Å². The van der Waals surface area contributed by atoms with Crippen molar-refractivity contribution in [3.05, 3.63) is 65.0 Å². The Morgan fingerprint density at radius 1 is 1.17 bits per heavy atom. The van der Waals surface area contributed by atoms with Crippen LogP contribution in [0.5, 0.6) is 0 Å². The molecule has 4 rings (SSSR count). The molecule has 1 saturated heterocycles. The summed E-state index contributed by atoms with van der Waals surface area (Å²) in [7, 11) is 1.80. The van der Waals surface area contributed by atoms with E-state index in [4.69, 9.17) is 0 Å². The van der Waals surface area contributed by atoms with Crippen molar-refractivity contribution in [3.8, 4) is 0 Å². The molecule has 2 N–H and O–H groups in total. The van der Waals surface area contributed by atoms with Gasteiger partial charge in [-0.25, -0.2) is 4.98 Å². The quantitative estimate of drug-likeness (QED) is 0.692. The highest BCUT2D eigenvalue weighted by molar-refractivity contribution is 5.95. The lowest BCUT2D eigenvalue weighted by Gasteiger charge is -2.17. The normalized spacial score (nSPS) is 18.8. The molecule has 3 heterocycles. The van der Waals surface area contributed by atoms with Gasteiger partial charge in [-0.3, -0.25) is 19.4 Å². The van der Waals surface area contributed by atoms with Gasteiger partial charge in [0.1, 0.15) is 5.82 Å². The molecule has 3 aromatic rings. The van der Waals surface area contributed by atoms with Gasteiger partial charge >= 0.3 is 0 Å². The maximum atomic E-state index is 13.0. The predicted molar refractivity (Wildman–Crippen MR) is 105 cm³/mol. The summed E-state index contributed by atoms with van der Waals surface area (Å²) in [6.45, 7) is 4.50. The van der Waals surface area contributed by atoms with Crippen molar-refractivity contribution in [1.29, 1.82) is 0 Å². The minimum atomic E-state index is -0.299. The van der Waals surface area contributed by atoms with Crippen LogP contribution in [0.1, 0.15) is 44.1 Å². The van der Waals surface area contributed by atoms with Gasteiger partial charge in [-0.15, -0.1) is 0 Å². The molecule has 29 heavy (non-hydrogen) atoms. The molecule has 2 amide bonds. The van der Waals surface area contributed by atoms with Gasteiger partial charge in [-0.2, -0.15) is 10.2 Å². The van der Waals surface area contributed by atoms with Gasteiger partial charge in [0.05, 0.1) is 12.0 Å². The van der Waals surface area contributed by atoms with Gasteiger partial charge in [-0.1, -0.05) is 18.2 Å². The van der Waals surface area contributed by atoms with Gasteiger partial charge in [0.25, 0.3) is 11.8 Å². The zero-order valence-electron chi connectivity index (χ0n) is 16.6. The number of carbonyl (C=O) groups is 2. The van der Waals surface area contributed by atoms with E-state index in [0.29, 0.717) is 36.0 Å². The monoisotopic (exact) mass is 393 g/mol. The molecule has 1 aliphatic heterocycles. The second kappa shape index (κ2) is 7.50. The summed E-state index contributed by atoms with van der Waals surface area (Å²) in [5.41, 5.74) is 1.87. The SMILES string of the molecule is Cc1nc([C@@H]2CN(C(=O)c3cc(C)n(C)n3)C[C@H]2NC(=O)c2ccccc2)n[nH]1. The van der Waals surface area contributed by atoms with E-state index in [1.54, 1.807) is 34.8 Å². The molecule has 1 aliphatic rings. The molecule has 0 unspecified atom stereocenters. The lowest BCUT2D eigenvalue weighted by Crippen LogP contribution is -2.40. The third-order valence-corrected chi connectivity index (χ3v) is 5.24. The van der Waals surface area contributed by atoms with Crippen molar-refractivity contribution in [2.24, 2.45) is 7.05 Å². The van der Waals surface area contributed by atoms with Crippen molar-refractivity contribution in [2.45, 2.75) is 25.8 Å². The molecule has 0 radical (unpaired) electrons. The number of benzene rings is 1. The highest BCUT2D eigenvalue weighted by Gasteiger charge is 2.40. The van der Waals surface area contributed by atoms with E-state index >= 15 is 0 Å². The van der Waals surface area contributed by atoms with Crippen LogP contribution in [-0.2, 0) is 7.05 Å². The Morgan fingerprint density at radius 3 is 2.55 bits per heavy atom. The number of amides is 2. The summed E-state index contributed by atoms with van der Waals surface area (Å²) in [6, 6.07) is 10.5. The number of aromatic nitrogens is 5. The standard InChI is InChI=1S/C20H23N7O2/c1-12-9-16(25-26(12)3)20(29)27-10-15(18-21-13(2)23-24-18)17(11-27)22-19(28)14-7-5-4-6-8-14/h4-9,15,17H,10-11H2,1-3H3,(H,22,28)(H,21,23,24)/t15-,17-/m1/s1. The average molecular weight is 393 g/mol. The van der Waals surface area contributed by atoms with Crippen molar-refractivity contribution in [2.75, 3.05) is 13.1 Å². The highest BCUT2D eigenvalue weighted by Crippen LogP contribution is 2.27. The third-order valence-electron chi connectivity index (χ3n) is 5.24. The van der Waals surface area contributed by atoms with Gasteiger partial charge < -0.3 is 10.2 Å². The van der Waals surface area contributed by atoms with E-state index in [9.17, 15) is 9.59 Å². The zero-order chi connectivity index (χ0) is 20.5. The second-order valence-electron chi connectivity index (χ2n) is 7.34. The van der Waals surface area contributed by atoms with Crippen molar-refractivity contribution in [1.82, 2.24) is 35.2 Å². The number of aryl methyl sites for hydroxylation is 3. The summed E-state index contributed by atoms with van der Waals surface area (Å²) < 4.78 is 1.67. The number of rotatable bonds is 4. The number of H-pyrrole nitrogens is 1. The Labute approximate surface area is 168 Å². The minimum Gasteiger partial charge on any atom is -0.347 e. The Morgan fingerprint density at radius 2 is 1.93 bits per heavy atom. The highest BCUT2D eigenvalue weighted by atomic mass is 16.2. The van der Waals surface area contributed by atoms with Gasteiger partial charge in [-0.05, 0) is 32.0 Å². The maximum absolute atomic E-state index is 13.0. The zero-order valence-corrected chi connectivity index (χ0v) is 16.6. The Bertz CT molecular complexity index is 1020. The maximum Gasteiger partial charge on any atom is 0.274 e. The van der Waals surface area contributed by atoms with Crippen LogP contribution in [-0.4, -0.2) is 60.8 Å². The lowest BCUT2D eigenvalue weighted by atomic mass is 10.0. The van der Waals surface area contributed by atoms with Crippen LogP contribution < -0.4 is 5.32 Å². The fourth-order valence-corrected chi connectivity index (χ4v) is 3.57. The van der Waals surface area contributed by atoms with Crippen LogP contribution in [0.2, 0.25) is 0 Å². The van der Waals surface area contributed by atoms with Gasteiger partial charge in [0, 0.05) is 31.4 Å². The summed E-state index contributed by atoms with van der Waals surface area (Å²) in [6.07, 6.45) is 0. The predicted octanol–water partition coefficient (Wildman–Crippen LogP) is 1.19. The van der Waals surface area contributed by atoms with Gasteiger partial charge in [0.15, 0.2) is 11.5 Å². The van der Waals surface area contributed by atoms with E-state index < -0.39 is 0 Å². The summed E-state index contributed by atoms with van der Waals surface area (Å²) >= 11 is 0. The summed E-state index contributed by atoms with van der Waals surface area (Å²) in [5, 5.41) is 14.5. The second-order valence-corrected chi connectivity index (χ2v) is 7.34. The molecule has 9 nitrogen and oxygen atoms in total. The van der Waals surface area contributed by atoms with E-state index in [1.807, 2.05) is 32.0 Å². The molecular weight excluding hydrogens is 370 g/mol. The molecule has 2 aromatic heterocycles. The fourth-order valence-electron chi connectivity index (χ4n) is 3.57. The Kier molecular flexibility index (Phi) is 4.87. The topological polar surface area (TPSA) is 109 Å². The lowest BCUT2D eigenvalue weighted by molar-refractivity contribution is 0.0776. The molecule has 2 atom stereocenters. The summed E-state index contributed by atoms with van der Waals surface area (Å²) in [4.78, 5) is 31.8. The number of hydrogen-bond acceptors (Lipinski definition) is 5. The molecule has 9 heteroatoms. The summed E-state index contributed by atoms with van der Waals surface area (Å²) in [5.74, 6) is 0.728. The average Bonchev–Trinajstić information content (AvgIpc) is 3.41. The van der Waals surface area contributed by atoms with Crippen LogP contribution in [0.3, 0.4) is 0 Å². The van der Waals surface area contributed by atoms with Crippen LogP contribution in [0.25, 0.3) is 0 Å². The molecule has 0 spiro atoms. The first-order chi connectivity index (χ1) is 13.9. The first kappa shape index (κ1) is 18.9. The third kappa shape index (κ3) is 3.75. The molecule has 0 aliphatic carbocycles. The first-order valence-electron chi connectivity index (χ1n) is 9.47. The Hall–Kier alpha value is -3.49. The number of nitrogens with zero attached hydrogens (tertiary/aromatic N) is 5. The van der Waals surface area contributed by atoms with E-state index in [0.717, 1.165) is 5.69 Å². The van der Waals surface area contributed by atoms with Crippen molar-refractivity contribution in [3.63, 3.8) is 0 Å². The number of aromatic amines is 1.